The zero-order valence-electron chi connectivity index (χ0n) is 11.5. The maximum absolute atomic E-state index is 12.1. The zero-order valence-corrected chi connectivity index (χ0v) is 11.5. The van der Waals surface area contributed by atoms with Crippen molar-refractivity contribution in [3.05, 3.63) is 0 Å². The maximum Gasteiger partial charge on any atom is 0.224 e. The van der Waals surface area contributed by atoms with Gasteiger partial charge in [0.2, 0.25) is 5.91 Å². The lowest BCUT2D eigenvalue weighted by Crippen LogP contribution is -2.48. The first kappa shape index (κ1) is 14.5. The second-order valence-corrected chi connectivity index (χ2v) is 5.52. The van der Waals surface area contributed by atoms with Crippen molar-refractivity contribution in [3.8, 4) is 0 Å². The molecule has 1 fully saturated rings. The molecule has 0 aromatic heterocycles. The molecule has 3 N–H and O–H groups in total. The van der Waals surface area contributed by atoms with Crippen LogP contribution in [0.4, 0.5) is 0 Å². The second-order valence-electron chi connectivity index (χ2n) is 5.52. The second kappa shape index (κ2) is 7.00. The van der Waals surface area contributed by atoms with Crippen LogP contribution in [-0.4, -0.2) is 18.5 Å². The fourth-order valence-corrected chi connectivity index (χ4v) is 2.70. The molecule has 1 aliphatic carbocycles. The summed E-state index contributed by atoms with van der Waals surface area (Å²) >= 11 is 0. The molecule has 1 rings (SSSR count). The summed E-state index contributed by atoms with van der Waals surface area (Å²) in [5.74, 6) is 1.30. The highest BCUT2D eigenvalue weighted by Gasteiger charge is 2.32. The van der Waals surface area contributed by atoms with E-state index in [1.165, 1.54) is 0 Å². The van der Waals surface area contributed by atoms with Gasteiger partial charge in [0, 0.05) is 12.6 Å². The Morgan fingerprint density at radius 2 is 2.00 bits per heavy atom. The SMILES string of the molecule is CCC(CC)CNC(=O)C1CCCC(C)C1N. The van der Waals surface area contributed by atoms with E-state index >= 15 is 0 Å². The molecule has 0 heterocycles. The molecule has 0 aromatic carbocycles. The van der Waals surface area contributed by atoms with Crippen molar-refractivity contribution in [2.24, 2.45) is 23.5 Å². The molecule has 17 heavy (non-hydrogen) atoms. The Labute approximate surface area is 106 Å². The predicted octanol–water partition coefficient (Wildman–Crippen LogP) is 2.30. The first-order chi connectivity index (χ1) is 8.10. The minimum atomic E-state index is 0.0353. The third-order valence-electron chi connectivity index (χ3n) is 4.35. The van der Waals surface area contributed by atoms with Crippen LogP contribution in [0.2, 0.25) is 0 Å². The van der Waals surface area contributed by atoms with E-state index in [4.69, 9.17) is 5.73 Å². The highest BCUT2D eigenvalue weighted by atomic mass is 16.1. The molecule has 100 valence electrons. The molecule has 0 saturated heterocycles. The highest BCUT2D eigenvalue weighted by Crippen LogP contribution is 2.27. The lowest BCUT2D eigenvalue weighted by atomic mass is 9.78. The standard InChI is InChI=1S/C14H28N2O/c1-4-11(5-2)9-16-14(17)12-8-6-7-10(3)13(12)15/h10-13H,4-9,15H2,1-3H3,(H,16,17). The lowest BCUT2D eigenvalue weighted by molar-refractivity contribution is -0.127. The number of amides is 1. The van der Waals surface area contributed by atoms with E-state index < -0.39 is 0 Å². The van der Waals surface area contributed by atoms with Gasteiger partial charge in [0.25, 0.3) is 0 Å². The summed E-state index contributed by atoms with van der Waals surface area (Å²) in [6.45, 7) is 7.32. The van der Waals surface area contributed by atoms with Gasteiger partial charge in [-0.2, -0.15) is 0 Å². The van der Waals surface area contributed by atoms with E-state index in [-0.39, 0.29) is 17.9 Å². The Morgan fingerprint density at radius 3 is 2.59 bits per heavy atom. The molecule has 0 aliphatic heterocycles. The molecule has 3 nitrogen and oxygen atoms in total. The fourth-order valence-electron chi connectivity index (χ4n) is 2.70. The first-order valence-corrected chi connectivity index (χ1v) is 7.13. The lowest BCUT2D eigenvalue weighted by Gasteiger charge is -2.33. The van der Waals surface area contributed by atoms with Gasteiger partial charge in [-0.3, -0.25) is 4.79 Å². The number of carbonyl (C=O) groups excluding carboxylic acids is 1. The minimum Gasteiger partial charge on any atom is -0.356 e. The van der Waals surface area contributed by atoms with Gasteiger partial charge in [0.1, 0.15) is 0 Å². The number of carbonyl (C=O) groups is 1. The summed E-state index contributed by atoms with van der Waals surface area (Å²) in [6, 6.07) is 0.0467. The molecular formula is C14H28N2O. The zero-order chi connectivity index (χ0) is 12.8. The van der Waals surface area contributed by atoms with Crippen molar-refractivity contribution < 1.29 is 4.79 Å². The average molecular weight is 240 g/mol. The Kier molecular flexibility index (Phi) is 5.96. The van der Waals surface area contributed by atoms with Crippen LogP contribution in [0.25, 0.3) is 0 Å². The van der Waals surface area contributed by atoms with Gasteiger partial charge >= 0.3 is 0 Å². The first-order valence-electron chi connectivity index (χ1n) is 7.13. The van der Waals surface area contributed by atoms with E-state index in [0.29, 0.717) is 11.8 Å². The monoisotopic (exact) mass is 240 g/mol. The van der Waals surface area contributed by atoms with Crippen LogP contribution in [0.1, 0.15) is 52.9 Å². The quantitative estimate of drug-likeness (QED) is 0.774. The molecule has 3 atom stereocenters. The topological polar surface area (TPSA) is 55.1 Å². The Bertz CT molecular complexity index is 238. The normalized spacial score (nSPS) is 29.4. The highest BCUT2D eigenvalue weighted by molar-refractivity contribution is 5.79. The number of nitrogens with two attached hydrogens (primary N) is 1. The van der Waals surface area contributed by atoms with Crippen LogP contribution < -0.4 is 11.1 Å². The number of rotatable bonds is 5. The predicted molar refractivity (Wildman–Crippen MR) is 71.6 cm³/mol. The summed E-state index contributed by atoms with van der Waals surface area (Å²) in [6.07, 6.45) is 5.52. The molecule has 0 radical (unpaired) electrons. The average Bonchev–Trinajstić information content (AvgIpc) is 2.33. The molecule has 1 amide bonds. The Hall–Kier alpha value is -0.570. The van der Waals surface area contributed by atoms with E-state index in [0.717, 1.165) is 38.6 Å². The molecule has 1 saturated carbocycles. The van der Waals surface area contributed by atoms with Gasteiger partial charge in [-0.1, -0.05) is 40.0 Å². The van der Waals surface area contributed by atoms with Gasteiger partial charge in [-0.05, 0) is 24.7 Å². The van der Waals surface area contributed by atoms with Gasteiger partial charge in [0.15, 0.2) is 0 Å². The van der Waals surface area contributed by atoms with Crippen molar-refractivity contribution in [3.63, 3.8) is 0 Å². The Morgan fingerprint density at radius 1 is 1.35 bits per heavy atom. The van der Waals surface area contributed by atoms with Crippen LogP contribution >= 0.6 is 0 Å². The molecule has 0 spiro atoms. The number of hydrogen-bond donors (Lipinski definition) is 2. The smallest absolute Gasteiger partial charge is 0.224 e. The molecule has 3 heteroatoms. The summed E-state index contributed by atoms with van der Waals surface area (Å²) in [5, 5.41) is 3.09. The van der Waals surface area contributed by atoms with Crippen molar-refractivity contribution in [2.45, 2.75) is 58.9 Å². The Balaban J connectivity index is 2.41. The van der Waals surface area contributed by atoms with Crippen LogP contribution in [0.15, 0.2) is 0 Å². The van der Waals surface area contributed by atoms with Gasteiger partial charge < -0.3 is 11.1 Å². The number of hydrogen-bond acceptors (Lipinski definition) is 2. The van der Waals surface area contributed by atoms with E-state index in [2.05, 4.69) is 26.1 Å². The molecule has 0 bridgehead atoms. The van der Waals surface area contributed by atoms with Crippen molar-refractivity contribution in [1.29, 1.82) is 0 Å². The largest absolute Gasteiger partial charge is 0.356 e. The molecule has 1 aliphatic rings. The third kappa shape index (κ3) is 3.98. The summed E-state index contributed by atoms with van der Waals surface area (Å²) in [4.78, 5) is 12.1. The molecular weight excluding hydrogens is 212 g/mol. The third-order valence-corrected chi connectivity index (χ3v) is 4.35. The van der Waals surface area contributed by atoms with Crippen LogP contribution in [0.5, 0.6) is 0 Å². The maximum atomic E-state index is 12.1. The van der Waals surface area contributed by atoms with Crippen LogP contribution in [0.3, 0.4) is 0 Å². The molecule has 3 unspecified atom stereocenters. The van der Waals surface area contributed by atoms with Gasteiger partial charge in [-0.15, -0.1) is 0 Å². The van der Waals surface area contributed by atoms with Crippen molar-refractivity contribution >= 4 is 5.91 Å². The van der Waals surface area contributed by atoms with E-state index in [1.807, 2.05) is 0 Å². The van der Waals surface area contributed by atoms with E-state index in [1.54, 1.807) is 0 Å². The summed E-state index contributed by atoms with van der Waals surface area (Å²) in [7, 11) is 0. The molecule has 0 aromatic rings. The summed E-state index contributed by atoms with van der Waals surface area (Å²) < 4.78 is 0. The number of nitrogens with one attached hydrogen (secondary N) is 1. The van der Waals surface area contributed by atoms with Crippen LogP contribution in [0, 0.1) is 17.8 Å². The van der Waals surface area contributed by atoms with E-state index in [9.17, 15) is 4.79 Å². The van der Waals surface area contributed by atoms with Crippen molar-refractivity contribution in [2.75, 3.05) is 6.54 Å². The fraction of sp³-hybridized carbons (Fsp3) is 0.929. The van der Waals surface area contributed by atoms with Gasteiger partial charge in [-0.25, -0.2) is 0 Å². The van der Waals surface area contributed by atoms with Crippen LogP contribution in [-0.2, 0) is 4.79 Å². The minimum absolute atomic E-state index is 0.0353. The summed E-state index contributed by atoms with van der Waals surface area (Å²) in [5.41, 5.74) is 6.13. The van der Waals surface area contributed by atoms with Gasteiger partial charge in [0.05, 0.1) is 5.92 Å². The van der Waals surface area contributed by atoms with Crippen molar-refractivity contribution in [1.82, 2.24) is 5.32 Å².